The molecule has 0 spiro atoms. The monoisotopic (exact) mass is 368 g/mol. The van der Waals surface area contributed by atoms with Crippen LogP contribution in [0.1, 0.15) is 35.7 Å². The van der Waals surface area contributed by atoms with Crippen LogP contribution in [0.25, 0.3) is 0 Å². The fraction of sp³-hybridized carbons (Fsp3) is 0.435. The van der Waals surface area contributed by atoms with Crippen molar-refractivity contribution in [2.75, 3.05) is 45.2 Å². The van der Waals surface area contributed by atoms with Crippen molar-refractivity contribution in [1.82, 2.24) is 4.90 Å². The van der Waals surface area contributed by atoms with Crippen LogP contribution in [0.3, 0.4) is 0 Å². The third-order valence-corrected chi connectivity index (χ3v) is 4.53. The van der Waals surface area contributed by atoms with E-state index in [-0.39, 0.29) is 5.97 Å². The molecule has 0 saturated carbocycles. The van der Waals surface area contributed by atoms with Gasteiger partial charge in [0.05, 0.1) is 5.56 Å². The summed E-state index contributed by atoms with van der Waals surface area (Å²) in [6.45, 7) is 5.34. The van der Waals surface area contributed by atoms with Gasteiger partial charge in [0.1, 0.15) is 6.61 Å². The second-order valence-corrected chi connectivity index (χ2v) is 7.06. The van der Waals surface area contributed by atoms with E-state index in [2.05, 4.69) is 42.2 Å². The first kappa shape index (κ1) is 21.0. The second-order valence-electron chi connectivity index (χ2n) is 7.06. The maximum absolute atomic E-state index is 12.1. The highest BCUT2D eigenvalue weighted by Crippen LogP contribution is 2.18. The van der Waals surface area contributed by atoms with E-state index in [1.54, 1.807) is 0 Å². The lowest BCUT2D eigenvalue weighted by molar-refractivity contribution is 0.0482. The van der Waals surface area contributed by atoms with Gasteiger partial charge >= 0.3 is 5.97 Å². The molecular weight excluding hydrogens is 336 g/mol. The molecule has 0 unspecified atom stereocenters. The van der Waals surface area contributed by atoms with Crippen LogP contribution in [0.5, 0.6) is 0 Å². The summed E-state index contributed by atoms with van der Waals surface area (Å²) in [4.78, 5) is 16.5. The summed E-state index contributed by atoms with van der Waals surface area (Å²) in [5, 5.41) is 0. The van der Waals surface area contributed by atoms with Gasteiger partial charge in [0.25, 0.3) is 0 Å². The van der Waals surface area contributed by atoms with Gasteiger partial charge in [0.2, 0.25) is 0 Å². The smallest absolute Gasteiger partial charge is 0.338 e. The minimum Gasteiger partial charge on any atom is -0.461 e. The van der Waals surface area contributed by atoms with Crippen molar-refractivity contribution in [2.45, 2.75) is 26.2 Å². The molecule has 0 aliphatic rings. The topological polar surface area (TPSA) is 32.8 Å². The summed E-state index contributed by atoms with van der Waals surface area (Å²) in [6, 6.07) is 18.4. The maximum atomic E-state index is 12.1. The molecule has 0 heterocycles. The fourth-order valence-corrected chi connectivity index (χ4v) is 2.84. The molecule has 4 heteroatoms. The van der Waals surface area contributed by atoms with Gasteiger partial charge in [-0.25, -0.2) is 4.79 Å². The summed E-state index contributed by atoms with van der Waals surface area (Å²) < 4.78 is 5.32. The normalized spacial score (nSPS) is 10.8. The molecule has 0 amide bonds. The van der Waals surface area contributed by atoms with Crippen molar-refractivity contribution in [3.63, 3.8) is 0 Å². The Hall–Kier alpha value is -2.33. The number of ether oxygens (including phenoxy) is 1. The van der Waals surface area contributed by atoms with Gasteiger partial charge in [-0.05, 0) is 56.8 Å². The Morgan fingerprint density at radius 3 is 2.26 bits per heavy atom. The summed E-state index contributed by atoms with van der Waals surface area (Å²) in [5.74, 6) is -0.257. The average Bonchev–Trinajstić information content (AvgIpc) is 2.69. The molecular formula is C23H32N2O2. The van der Waals surface area contributed by atoms with Crippen LogP contribution in [0, 0.1) is 0 Å². The number of unbranched alkanes of at least 4 members (excludes halogenated alkanes) is 1. The zero-order valence-corrected chi connectivity index (χ0v) is 16.9. The minimum atomic E-state index is -0.257. The van der Waals surface area contributed by atoms with E-state index in [1.165, 1.54) is 5.56 Å². The van der Waals surface area contributed by atoms with Gasteiger partial charge in [0.15, 0.2) is 0 Å². The first-order valence-electron chi connectivity index (χ1n) is 9.81. The van der Waals surface area contributed by atoms with Crippen molar-refractivity contribution >= 4 is 11.7 Å². The van der Waals surface area contributed by atoms with Crippen LogP contribution in [-0.4, -0.2) is 51.2 Å². The van der Waals surface area contributed by atoms with Gasteiger partial charge in [-0.15, -0.1) is 0 Å². The molecule has 2 aromatic rings. The molecule has 2 rings (SSSR count). The van der Waals surface area contributed by atoms with Crippen molar-refractivity contribution in [1.29, 1.82) is 0 Å². The van der Waals surface area contributed by atoms with Crippen LogP contribution >= 0.6 is 0 Å². The Bertz CT molecular complexity index is 669. The van der Waals surface area contributed by atoms with Crippen LogP contribution < -0.4 is 4.90 Å². The molecule has 0 bridgehead atoms. The number of hydrogen-bond donors (Lipinski definition) is 0. The largest absolute Gasteiger partial charge is 0.461 e. The molecule has 0 saturated heterocycles. The number of carbonyl (C=O) groups is 1. The van der Waals surface area contributed by atoms with Crippen LogP contribution in [0.2, 0.25) is 0 Å². The van der Waals surface area contributed by atoms with Crippen LogP contribution in [-0.2, 0) is 11.2 Å². The number of rotatable bonds is 11. The Labute approximate surface area is 163 Å². The Balaban J connectivity index is 1.97. The Kier molecular flexibility index (Phi) is 8.85. The molecule has 0 aliphatic carbocycles. The van der Waals surface area contributed by atoms with Crippen LogP contribution in [0.4, 0.5) is 5.69 Å². The Morgan fingerprint density at radius 2 is 1.63 bits per heavy atom. The number of likely N-dealkylation sites (N-methyl/N-ethyl adjacent to an activating group) is 1. The molecule has 0 aliphatic heterocycles. The predicted molar refractivity (Wildman–Crippen MR) is 113 cm³/mol. The molecule has 4 nitrogen and oxygen atoms in total. The fourth-order valence-electron chi connectivity index (χ4n) is 2.84. The van der Waals surface area contributed by atoms with E-state index in [1.807, 2.05) is 43.3 Å². The lowest BCUT2D eigenvalue weighted by Gasteiger charge is -2.25. The van der Waals surface area contributed by atoms with Crippen molar-refractivity contribution in [3.05, 3.63) is 65.7 Å². The summed E-state index contributed by atoms with van der Waals surface area (Å²) in [7, 11) is 3.92. The number of nitrogens with zero attached hydrogens (tertiary/aromatic N) is 2. The summed E-state index contributed by atoms with van der Waals surface area (Å²) >= 11 is 0. The van der Waals surface area contributed by atoms with Gasteiger partial charge < -0.3 is 14.5 Å². The van der Waals surface area contributed by atoms with Gasteiger partial charge in [-0.3, -0.25) is 0 Å². The van der Waals surface area contributed by atoms with Crippen molar-refractivity contribution in [2.24, 2.45) is 0 Å². The van der Waals surface area contributed by atoms with E-state index < -0.39 is 0 Å². The maximum Gasteiger partial charge on any atom is 0.338 e. The molecule has 146 valence electrons. The lowest BCUT2D eigenvalue weighted by Crippen LogP contribution is -2.27. The third kappa shape index (κ3) is 7.43. The Morgan fingerprint density at radius 1 is 0.926 bits per heavy atom. The average molecular weight is 369 g/mol. The highest BCUT2D eigenvalue weighted by molar-refractivity contribution is 5.89. The van der Waals surface area contributed by atoms with Gasteiger partial charge in [0, 0.05) is 25.3 Å². The van der Waals surface area contributed by atoms with Gasteiger partial charge in [-0.1, -0.05) is 43.7 Å². The zero-order valence-electron chi connectivity index (χ0n) is 16.9. The highest BCUT2D eigenvalue weighted by Gasteiger charge is 2.10. The number of benzene rings is 2. The van der Waals surface area contributed by atoms with E-state index >= 15 is 0 Å². The van der Waals surface area contributed by atoms with E-state index in [4.69, 9.17) is 4.74 Å². The molecule has 0 atom stereocenters. The third-order valence-electron chi connectivity index (χ3n) is 4.53. The lowest BCUT2D eigenvalue weighted by atomic mass is 10.1. The summed E-state index contributed by atoms with van der Waals surface area (Å²) in [6.07, 6.45) is 3.33. The first-order valence-corrected chi connectivity index (χ1v) is 9.81. The standard InChI is InChI=1S/C23H32N2O2/c1-4-5-16-25(17-15-20-9-7-6-8-10-20)22-13-11-21(12-14-22)23(26)27-19-18-24(2)3/h6-14H,4-5,15-19H2,1-3H3. The van der Waals surface area contributed by atoms with Crippen LogP contribution in [0.15, 0.2) is 54.6 Å². The first-order chi connectivity index (χ1) is 13.1. The predicted octanol–water partition coefficient (Wildman–Crippen LogP) is 4.25. The van der Waals surface area contributed by atoms with E-state index in [0.717, 1.165) is 44.6 Å². The zero-order chi connectivity index (χ0) is 19.5. The highest BCUT2D eigenvalue weighted by atomic mass is 16.5. The van der Waals surface area contributed by atoms with Crippen molar-refractivity contribution in [3.8, 4) is 0 Å². The minimum absolute atomic E-state index is 0.257. The SMILES string of the molecule is CCCCN(CCc1ccccc1)c1ccc(C(=O)OCCN(C)C)cc1. The second kappa shape index (κ2) is 11.4. The van der Waals surface area contributed by atoms with E-state index in [0.29, 0.717) is 12.2 Å². The molecule has 0 radical (unpaired) electrons. The quantitative estimate of drug-likeness (QED) is 0.555. The molecule has 0 fully saturated rings. The van der Waals surface area contributed by atoms with E-state index in [9.17, 15) is 4.79 Å². The molecule has 0 N–H and O–H groups in total. The van der Waals surface area contributed by atoms with Gasteiger partial charge in [-0.2, -0.15) is 0 Å². The molecule has 27 heavy (non-hydrogen) atoms. The van der Waals surface area contributed by atoms with Crippen molar-refractivity contribution < 1.29 is 9.53 Å². The molecule has 0 aromatic heterocycles. The number of anilines is 1. The number of hydrogen-bond acceptors (Lipinski definition) is 4. The number of carbonyl (C=O) groups excluding carboxylic acids is 1. The molecule has 2 aromatic carbocycles. The number of esters is 1. The summed E-state index contributed by atoms with van der Waals surface area (Å²) in [5.41, 5.74) is 3.11.